The number of hydrogen-bond donors (Lipinski definition) is 2. The quantitative estimate of drug-likeness (QED) is 0.585. The third-order valence-corrected chi connectivity index (χ3v) is 7.07. The van der Waals surface area contributed by atoms with E-state index in [1.54, 1.807) is 18.2 Å². The summed E-state index contributed by atoms with van der Waals surface area (Å²) < 4.78 is 29.8. The van der Waals surface area contributed by atoms with Crippen molar-refractivity contribution in [3.05, 3.63) is 58.6 Å². The Morgan fingerprint density at radius 1 is 1.26 bits per heavy atom. The Morgan fingerprint density at radius 3 is 2.74 bits per heavy atom. The summed E-state index contributed by atoms with van der Waals surface area (Å²) >= 11 is 6.09. The van der Waals surface area contributed by atoms with Gasteiger partial charge in [-0.3, -0.25) is 0 Å². The van der Waals surface area contributed by atoms with Gasteiger partial charge in [0.15, 0.2) is 9.84 Å². The highest BCUT2D eigenvalue weighted by Gasteiger charge is 2.20. The molecule has 2 N–H and O–H groups in total. The zero-order valence-electron chi connectivity index (χ0n) is 17.1. The summed E-state index contributed by atoms with van der Waals surface area (Å²) in [6.07, 6.45) is 0.812. The highest BCUT2D eigenvalue weighted by Crippen LogP contribution is 2.18. The van der Waals surface area contributed by atoms with E-state index in [0.29, 0.717) is 22.9 Å². The van der Waals surface area contributed by atoms with E-state index in [1.807, 2.05) is 12.1 Å². The summed E-state index contributed by atoms with van der Waals surface area (Å²) in [5.41, 5.74) is 1.62. The van der Waals surface area contributed by atoms with E-state index in [1.165, 1.54) is 12.1 Å². The number of nitriles is 1. The van der Waals surface area contributed by atoms with Crippen molar-refractivity contribution in [1.82, 2.24) is 10.2 Å². The third-order valence-electron chi connectivity index (χ3n) is 5.14. The highest BCUT2D eigenvalue weighted by atomic mass is 35.5. The number of rotatable bonds is 9. The number of aliphatic hydroxyl groups excluding tert-OH is 1. The van der Waals surface area contributed by atoms with Gasteiger partial charge < -0.3 is 20.1 Å². The maximum absolute atomic E-state index is 12.0. The van der Waals surface area contributed by atoms with Crippen LogP contribution in [0, 0.1) is 11.3 Å². The van der Waals surface area contributed by atoms with Crippen molar-refractivity contribution in [3.8, 4) is 11.8 Å². The number of nitrogens with zero attached hydrogens (tertiary/aromatic N) is 2. The van der Waals surface area contributed by atoms with Gasteiger partial charge in [-0.25, -0.2) is 8.42 Å². The molecule has 2 aromatic rings. The summed E-state index contributed by atoms with van der Waals surface area (Å²) in [4.78, 5) is 2.53. The van der Waals surface area contributed by atoms with Crippen molar-refractivity contribution >= 4 is 21.4 Å². The van der Waals surface area contributed by atoms with E-state index in [0.717, 1.165) is 38.2 Å². The molecule has 1 saturated heterocycles. The van der Waals surface area contributed by atoms with Crippen LogP contribution < -0.4 is 10.1 Å². The number of benzene rings is 2. The lowest BCUT2D eigenvalue weighted by atomic mass is 10.1. The molecule has 9 heteroatoms. The molecule has 1 aliphatic rings. The fourth-order valence-electron chi connectivity index (χ4n) is 3.53. The molecule has 0 unspecified atom stereocenters. The van der Waals surface area contributed by atoms with Crippen LogP contribution in [0.3, 0.4) is 0 Å². The third kappa shape index (κ3) is 6.92. The fraction of sp³-hybridized carbons (Fsp3) is 0.409. The Balaban J connectivity index is 1.49. The molecule has 31 heavy (non-hydrogen) atoms. The molecular formula is C22H26ClN3O4S. The van der Waals surface area contributed by atoms with E-state index in [4.69, 9.17) is 26.7 Å². The van der Waals surface area contributed by atoms with Crippen LogP contribution in [0.15, 0.2) is 47.4 Å². The van der Waals surface area contributed by atoms with Gasteiger partial charge in [0.1, 0.15) is 12.4 Å². The second kappa shape index (κ2) is 10.9. The number of ether oxygens (including phenoxy) is 1. The summed E-state index contributed by atoms with van der Waals surface area (Å²) in [6, 6.07) is 14.0. The second-order valence-electron chi connectivity index (χ2n) is 7.49. The standard InChI is InChI=1S/C22H26ClN3O4S/c23-19-12-17(11-18(13-19)14-24)5-7-26-8-6-25-20(15-26)16-30-21-1-3-22(4-2-21)31(28,29)10-9-27/h1-4,11-13,20,25,27H,5-10,15-16H2/t20-/m0/s1. The Bertz CT molecular complexity index is 1020. The Kier molecular flexibility index (Phi) is 8.29. The van der Waals surface area contributed by atoms with Gasteiger partial charge in [0.25, 0.3) is 0 Å². The zero-order valence-corrected chi connectivity index (χ0v) is 18.7. The number of sulfone groups is 1. The molecule has 0 radical (unpaired) electrons. The molecule has 0 aromatic heterocycles. The number of halogens is 1. The predicted molar refractivity (Wildman–Crippen MR) is 119 cm³/mol. The molecule has 2 aromatic carbocycles. The summed E-state index contributed by atoms with van der Waals surface area (Å²) in [5.74, 6) is 0.312. The molecule has 7 nitrogen and oxygen atoms in total. The van der Waals surface area contributed by atoms with Gasteiger partial charge >= 0.3 is 0 Å². The minimum absolute atomic E-state index is 0.153. The van der Waals surface area contributed by atoms with Gasteiger partial charge in [-0.05, 0) is 54.4 Å². The molecule has 3 rings (SSSR count). The van der Waals surface area contributed by atoms with Crippen LogP contribution in [0.25, 0.3) is 0 Å². The van der Waals surface area contributed by atoms with Crippen molar-refractivity contribution in [2.24, 2.45) is 0 Å². The molecule has 166 valence electrons. The maximum Gasteiger partial charge on any atom is 0.180 e. The van der Waals surface area contributed by atoms with Crippen LogP contribution in [-0.4, -0.2) is 69.6 Å². The normalized spacial score (nSPS) is 17.3. The van der Waals surface area contributed by atoms with E-state index in [2.05, 4.69) is 16.3 Å². The first-order chi connectivity index (χ1) is 14.9. The molecule has 0 aliphatic carbocycles. The average Bonchev–Trinajstić information content (AvgIpc) is 2.76. The Labute approximate surface area is 188 Å². The van der Waals surface area contributed by atoms with E-state index in [-0.39, 0.29) is 16.7 Å². The number of piperazine rings is 1. The van der Waals surface area contributed by atoms with Crippen molar-refractivity contribution in [1.29, 1.82) is 5.26 Å². The van der Waals surface area contributed by atoms with Crippen LogP contribution in [-0.2, 0) is 16.3 Å². The first-order valence-electron chi connectivity index (χ1n) is 10.1. The van der Waals surface area contributed by atoms with Crippen LogP contribution in [0.2, 0.25) is 5.02 Å². The molecule has 1 atom stereocenters. The fourth-order valence-corrected chi connectivity index (χ4v) is 4.82. The van der Waals surface area contributed by atoms with Crippen LogP contribution in [0.1, 0.15) is 11.1 Å². The molecule has 1 aliphatic heterocycles. The van der Waals surface area contributed by atoms with Gasteiger partial charge in [-0.15, -0.1) is 0 Å². The van der Waals surface area contributed by atoms with Gasteiger partial charge in [0, 0.05) is 31.2 Å². The smallest absolute Gasteiger partial charge is 0.180 e. The Hall–Kier alpha value is -2.15. The topological polar surface area (TPSA) is 103 Å². The van der Waals surface area contributed by atoms with Gasteiger partial charge in [0.05, 0.1) is 34.9 Å². The van der Waals surface area contributed by atoms with Crippen LogP contribution in [0.4, 0.5) is 0 Å². The first-order valence-corrected chi connectivity index (χ1v) is 12.1. The van der Waals surface area contributed by atoms with Crippen LogP contribution in [0.5, 0.6) is 5.75 Å². The summed E-state index contributed by atoms with van der Waals surface area (Å²) in [7, 11) is -3.46. The molecular weight excluding hydrogens is 438 g/mol. The molecule has 0 bridgehead atoms. The lowest BCUT2D eigenvalue weighted by molar-refractivity contribution is 0.159. The monoisotopic (exact) mass is 463 g/mol. The molecule has 0 amide bonds. The van der Waals surface area contributed by atoms with Crippen molar-refractivity contribution in [2.75, 3.05) is 45.1 Å². The average molecular weight is 464 g/mol. The summed E-state index contributed by atoms with van der Waals surface area (Å²) in [6.45, 7) is 3.54. The molecule has 1 fully saturated rings. The van der Waals surface area contributed by atoms with Gasteiger partial charge in [0.2, 0.25) is 0 Å². The molecule has 0 spiro atoms. The SMILES string of the molecule is N#Cc1cc(Cl)cc(CCN2CCN[C@H](COc3ccc(S(=O)(=O)CCO)cc3)C2)c1. The number of nitrogens with one attached hydrogen (secondary N) is 1. The van der Waals surface area contributed by atoms with Crippen LogP contribution >= 0.6 is 11.6 Å². The zero-order chi connectivity index (χ0) is 22.3. The van der Waals surface area contributed by atoms with Crippen molar-refractivity contribution in [3.63, 3.8) is 0 Å². The largest absolute Gasteiger partial charge is 0.492 e. The van der Waals surface area contributed by atoms with Gasteiger partial charge in [-0.1, -0.05) is 11.6 Å². The van der Waals surface area contributed by atoms with E-state index >= 15 is 0 Å². The lowest BCUT2D eigenvalue weighted by Gasteiger charge is -2.33. The van der Waals surface area contributed by atoms with E-state index in [9.17, 15) is 8.42 Å². The minimum atomic E-state index is -3.46. The minimum Gasteiger partial charge on any atom is -0.492 e. The lowest BCUT2D eigenvalue weighted by Crippen LogP contribution is -2.53. The first kappa shape index (κ1) is 23.5. The summed E-state index contributed by atoms with van der Waals surface area (Å²) in [5, 5.41) is 22.0. The predicted octanol–water partition coefficient (Wildman–Crippen LogP) is 1.87. The van der Waals surface area contributed by atoms with E-state index < -0.39 is 16.4 Å². The number of hydrogen-bond acceptors (Lipinski definition) is 7. The van der Waals surface area contributed by atoms with Crippen molar-refractivity contribution in [2.45, 2.75) is 17.4 Å². The molecule has 1 heterocycles. The maximum atomic E-state index is 12.0. The second-order valence-corrected chi connectivity index (χ2v) is 10.0. The highest BCUT2D eigenvalue weighted by molar-refractivity contribution is 7.91. The molecule has 0 saturated carbocycles. The number of aliphatic hydroxyl groups is 1. The van der Waals surface area contributed by atoms with Gasteiger partial charge in [-0.2, -0.15) is 5.26 Å². The van der Waals surface area contributed by atoms with Crippen molar-refractivity contribution < 1.29 is 18.3 Å². The Morgan fingerprint density at radius 2 is 2.03 bits per heavy atom.